The number of aromatic nitrogens is 5. The summed E-state index contributed by atoms with van der Waals surface area (Å²) in [5.41, 5.74) is 10.5. The third-order valence-electron chi connectivity index (χ3n) is 3.23. The molecule has 1 amide bonds. The number of anilines is 1. The molecule has 0 aliphatic heterocycles. The van der Waals surface area contributed by atoms with Crippen LogP contribution in [0.1, 0.15) is 27.3 Å². The van der Waals surface area contributed by atoms with Crippen LogP contribution in [0.2, 0.25) is 0 Å². The number of amides is 1. The zero-order valence-corrected chi connectivity index (χ0v) is 13.0. The average molecular weight is 326 g/mol. The van der Waals surface area contributed by atoms with Crippen molar-refractivity contribution in [3.8, 4) is 5.82 Å². The Morgan fingerprint density at radius 2 is 2.21 bits per heavy atom. The number of carbonyl (C=O) groups is 1. The summed E-state index contributed by atoms with van der Waals surface area (Å²) in [6.45, 7) is 3.62. The molecule has 3 aromatic rings. The van der Waals surface area contributed by atoms with E-state index in [0.29, 0.717) is 5.69 Å². The molecule has 3 rings (SSSR count). The van der Waals surface area contributed by atoms with E-state index in [9.17, 15) is 4.79 Å². The molecule has 0 saturated heterocycles. The van der Waals surface area contributed by atoms with Crippen LogP contribution in [0.5, 0.6) is 0 Å². The zero-order valence-electron chi connectivity index (χ0n) is 13.0. The largest absolute Gasteiger partial charge is 0.378 e. The van der Waals surface area contributed by atoms with Crippen molar-refractivity contribution in [3.63, 3.8) is 0 Å². The smallest absolute Gasteiger partial charge is 0.293 e. The van der Waals surface area contributed by atoms with Crippen LogP contribution in [-0.2, 0) is 0 Å². The molecule has 2 heterocycles. The van der Waals surface area contributed by atoms with E-state index in [0.717, 1.165) is 11.1 Å². The van der Waals surface area contributed by atoms with Gasteiger partial charge in [-0.1, -0.05) is 35.0 Å². The number of rotatable bonds is 4. The Kier molecular flexibility index (Phi) is 4.01. The third kappa shape index (κ3) is 2.97. The molecule has 10 heteroatoms. The molecule has 0 bridgehead atoms. The molecule has 0 atom stereocenters. The number of benzene rings is 1. The van der Waals surface area contributed by atoms with Gasteiger partial charge in [0.25, 0.3) is 5.91 Å². The van der Waals surface area contributed by atoms with Crippen LogP contribution < -0.4 is 11.2 Å². The van der Waals surface area contributed by atoms with Gasteiger partial charge in [0.2, 0.25) is 11.6 Å². The van der Waals surface area contributed by atoms with Crippen LogP contribution in [0.4, 0.5) is 5.82 Å². The van der Waals surface area contributed by atoms with E-state index in [2.05, 4.69) is 35.8 Å². The summed E-state index contributed by atoms with van der Waals surface area (Å²) in [6.07, 6.45) is 1.55. The molecule has 2 aromatic heterocycles. The van der Waals surface area contributed by atoms with E-state index in [-0.39, 0.29) is 17.3 Å². The topological polar surface area (TPSA) is 137 Å². The second-order valence-electron chi connectivity index (χ2n) is 5.02. The predicted molar refractivity (Wildman–Crippen MR) is 84.6 cm³/mol. The van der Waals surface area contributed by atoms with Crippen LogP contribution >= 0.6 is 0 Å². The first-order valence-corrected chi connectivity index (χ1v) is 6.97. The molecule has 122 valence electrons. The number of aryl methyl sites for hydroxylation is 1. The van der Waals surface area contributed by atoms with Gasteiger partial charge in [0, 0.05) is 0 Å². The van der Waals surface area contributed by atoms with Crippen molar-refractivity contribution in [2.75, 3.05) is 5.73 Å². The van der Waals surface area contributed by atoms with E-state index in [1.54, 1.807) is 13.1 Å². The van der Waals surface area contributed by atoms with E-state index < -0.39 is 5.91 Å². The highest BCUT2D eigenvalue weighted by atomic mass is 16.6. The number of hydrogen-bond acceptors (Lipinski definition) is 8. The van der Waals surface area contributed by atoms with Crippen LogP contribution in [0.15, 0.2) is 34.0 Å². The molecule has 1 aromatic carbocycles. The SMILES string of the molecule is Cc1cccc(/C=N\NC(=O)c2nnn(-c3nonc3N)c2C)c1. The molecule has 0 radical (unpaired) electrons. The molecule has 0 aliphatic carbocycles. The average Bonchev–Trinajstić information content (AvgIpc) is 3.13. The Morgan fingerprint density at radius 1 is 1.38 bits per heavy atom. The first-order valence-electron chi connectivity index (χ1n) is 6.97. The zero-order chi connectivity index (χ0) is 17.1. The highest BCUT2D eigenvalue weighted by Crippen LogP contribution is 2.14. The van der Waals surface area contributed by atoms with Crippen molar-refractivity contribution in [2.45, 2.75) is 13.8 Å². The summed E-state index contributed by atoms with van der Waals surface area (Å²) in [5.74, 6) is -0.285. The fourth-order valence-electron chi connectivity index (χ4n) is 2.05. The van der Waals surface area contributed by atoms with E-state index in [1.165, 1.54) is 4.68 Å². The first-order chi connectivity index (χ1) is 11.6. The number of hydrogen-bond donors (Lipinski definition) is 2. The maximum absolute atomic E-state index is 12.2. The molecular formula is C14H14N8O2. The van der Waals surface area contributed by atoms with Crippen LogP contribution in [0, 0.1) is 13.8 Å². The van der Waals surface area contributed by atoms with Gasteiger partial charge in [-0.3, -0.25) is 4.79 Å². The lowest BCUT2D eigenvalue weighted by Crippen LogP contribution is -2.19. The van der Waals surface area contributed by atoms with Gasteiger partial charge in [-0.2, -0.15) is 9.78 Å². The second kappa shape index (κ2) is 6.28. The Bertz CT molecular complexity index is 911. The fraction of sp³-hybridized carbons (Fsp3) is 0.143. The van der Waals surface area contributed by atoms with Crippen molar-refractivity contribution >= 4 is 17.9 Å². The maximum Gasteiger partial charge on any atom is 0.293 e. The normalized spacial score (nSPS) is 11.1. The van der Waals surface area contributed by atoms with Crippen LogP contribution in [0.25, 0.3) is 5.82 Å². The Balaban J connectivity index is 1.74. The summed E-state index contributed by atoms with van der Waals surface area (Å²) < 4.78 is 5.78. The van der Waals surface area contributed by atoms with Gasteiger partial charge >= 0.3 is 0 Å². The van der Waals surface area contributed by atoms with Gasteiger partial charge < -0.3 is 5.73 Å². The number of nitrogen functional groups attached to an aromatic ring is 1. The maximum atomic E-state index is 12.2. The summed E-state index contributed by atoms with van der Waals surface area (Å²) in [4.78, 5) is 12.2. The molecule has 0 aliphatic rings. The first kappa shape index (κ1) is 15.3. The number of carbonyl (C=O) groups excluding carboxylic acids is 1. The number of nitrogens with two attached hydrogens (primary N) is 1. The number of hydrazone groups is 1. The lowest BCUT2D eigenvalue weighted by molar-refractivity contribution is 0.0949. The fourth-order valence-corrected chi connectivity index (χ4v) is 2.05. The van der Waals surface area contributed by atoms with Crippen molar-refractivity contribution in [3.05, 3.63) is 46.8 Å². The monoisotopic (exact) mass is 326 g/mol. The van der Waals surface area contributed by atoms with Gasteiger partial charge in [-0.05, 0) is 29.7 Å². The predicted octanol–water partition coefficient (Wildman–Crippen LogP) is 0.613. The van der Waals surface area contributed by atoms with Gasteiger partial charge in [-0.25, -0.2) is 10.1 Å². The van der Waals surface area contributed by atoms with Crippen LogP contribution in [-0.4, -0.2) is 37.4 Å². The summed E-state index contributed by atoms with van der Waals surface area (Å²) in [5, 5.41) is 18.6. The lowest BCUT2D eigenvalue weighted by Gasteiger charge is -1.99. The van der Waals surface area contributed by atoms with Gasteiger partial charge in [0.05, 0.1) is 11.9 Å². The second-order valence-corrected chi connectivity index (χ2v) is 5.02. The molecule has 3 N–H and O–H groups in total. The van der Waals surface area contributed by atoms with E-state index in [1.807, 2.05) is 31.2 Å². The molecular weight excluding hydrogens is 312 g/mol. The highest BCUT2D eigenvalue weighted by Gasteiger charge is 2.20. The molecule has 0 unspecified atom stereocenters. The van der Waals surface area contributed by atoms with Gasteiger partial charge in [-0.15, -0.1) is 5.10 Å². The number of nitrogens with zero attached hydrogens (tertiary/aromatic N) is 6. The van der Waals surface area contributed by atoms with E-state index in [4.69, 9.17) is 5.73 Å². The van der Waals surface area contributed by atoms with Crippen molar-refractivity contribution in [1.82, 2.24) is 30.7 Å². The van der Waals surface area contributed by atoms with Crippen molar-refractivity contribution in [1.29, 1.82) is 0 Å². The molecule has 10 nitrogen and oxygen atoms in total. The third-order valence-corrected chi connectivity index (χ3v) is 3.23. The highest BCUT2D eigenvalue weighted by molar-refractivity contribution is 5.94. The summed E-state index contributed by atoms with van der Waals surface area (Å²) in [7, 11) is 0. The van der Waals surface area contributed by atoms with E-state index >= 15 is 0 Å². The standard InChI is InChI=1S/C14H14N8O2/c1-8-4-3-5-10(6-8)7-16-18-14(23)11-9(2)22(21-17-11)13-12(15)19-24-20-13/h3-7H,1-2H3,(H2,15,19)(H,18,23)/b16-7-. The van der Waals surface area contributed by atoms with Crippen LogP contribution in [0.3, 0.4) is 0 Å². The quantitative estimate of drug-likeness (QED) is 0.529. The van der Waals surface area contributed by atoms with Gasteiger partial charge in [0.1, 0.15) is 0 Å². The molecule has 0 spiro atoms. The van der Waals surface area contributed by atoms with Gasteiger partial charge in [0.15, 0.2) is 5.69 Å². The minimum atomic E-state index is -0.502. The summed E-state index contributed by atoms with van der Waals surface area (Å²) in [6, 6.07) is 7.70. The lowest BCUT2D eigenvalue weighted by atomic mass is 10.2. The Hall–Kier alpha value is -3.56. The number of nitrogens with one attached hydrogen (secondary N) is 1. The molecule has 0 fully saturated rings. The summed E-state index contributed by atoms with van der Waals surface area (Å²) >= 11 is 0. The minimum absolute atomic E-state index is 0.0485. The Labute approximate surface area is 136 Å². The minimum Gasteiger partial charge on any atom is -0.378 e. The molecule has 24 heavy (non-hydrogen) atoms. The van der Waals surface area contributed by atoms with Crippen molar-refractivity contribution < 1.29 is 9.42 Å². The molecule has 0 saturated carbocycles. The Morgan fingerprint density at radius 3 is 2.92 bits per heavy atom. The van der Waals surface area contributed by atoms with Crippen molar-refractivity contribution in [2.24, 2.45) is 5.10 Å².